The first kappa shape index (κ1) is 17.0. The molecule has 5 nitrogen and oxygen atoms in total. The van der Waals surface area contributed by atoms with Crippen LogP contribution in [0.3, 0.4) is 0 Å². The Labute approximate surface area is 121 Å². The van der Waals surface area contributed by atoms with Crippen LogP contribution in [0.1, 0.15) is 20.8 Å². The Morgan fingerprint density at radius 3 is 2.38 bits per heavy atom. The summed E-state index contributed by atoms with van der Waals surface area (Å²) in [7, 11) is 0. The lowest BCUT2D eigenvalue weighted by atomic mass is 10.1. The first-order chi connectivity index (χ1) is 9.59. The lowest BCUT2D eigenvalue weighted by molar-refractivity contribution is -0.140. The molecule has 0 saturated heterocycles. The van der Waals surface area contributed by atoms with Crippen molar-refractivity contribution in [2.75, 3.05) is 18.4 Å². The second kappa shape index (κ2) is 6.62. The smallest absolute Gasteiger partial charge is 0.317 e. The standard InChI is InChI=1S/C14H18F2N2O3/c1-14(2,3)18(8-13(20)21)7-12(19)17-11-6-9(15)4-5-10(11)16/h4-6H,7-8H2,1-3H3,(H,17,19)(H,20,21). The summed E-state index contributed by atoms with van der Waals surface area (Å²) in [5.74, 6) is -3.12. The predicted molar refractivity (Wildman–Crippen MR) is 73.9 cm³/mol. The number of carbonyl (C=O) groups excluding carboxylic acids is 1. The summed E-state index contributed by atoms with van der Waals surface area (Å²) in [6.07, 6.45) is 0. The lowest BCUT2D eigenvalue weighted by Gasteiger charge is -2.33. The van der Waals surface area contributed by atoms with Crippen molar-refractivity contribution >= 4 is 17.6 Å². The van der Waals surface area contributed by atoms with E-state index in [1.807, 2.05) is 0 Å². The van der Waals surface area contributed by atoms with Crippen LogP contribution in [0, 0.1) is 11.6 Å². The highest BCUT2D eigenvalue weighted by Gasteiger charge is 2.26. The summed E-state index contributed by atoms with van der Waals surface area (Å²) in [6.45, 7) is 4.69. The van der Waals surface area contributed by atoms with Crippen molar-refractivity contribution in [3.8, 4) is 0 Å². The topological polar surface area (TPSA) is 69.6 Å². The molecule has 0 fully saturated rings. The molecule has 2 N–H and O–H groups in total. The molecule has 0 aliphatic rings. The fraction of sp³-hybridized carbons (Fsp3) is 0.429. The van der Waals surface area contributed by atoms with Gasteiger partial charge in [0.25, 0.3) is 0 Å². The number of halogens is 2. The van der Waals surface area contributed by atoms with Gasteiger partial charge in [0.05, 0.1) is 18.8 Å². The third-order valence-electron chi connectivity index (χ3n) is 2.81. The summed E-state index contributed by atoms with van der Waals surface area (Å²) in [4.78, 5) is 24.1. The molecule has 1 aromatic carbocycles. The van der Waals surface area contributed by atoms with Crippen LogP contribution >= 0.6 is 0 Å². The van der Waals surface area contributed by atoms with E-state index >= 15 is 0 Å². The third-order valence-corrected chi connectivity index (χ3v) is 2.81. The van der Waals surface area contributed by atoms with E-state index in [4.69, 9.17) is 5.11 Å². The van der Waals surface area contributed by atoms with Crippen LogP contribution in [0.15, 0.2) is 18.2 Å². The Morgan fingerprint density at radius 1 is 1.24 bits per heavy atom. The van der Waals surface area contributed by atoms with E-state index in [1.54, 1.807) is 20.8 Å². The molecule has 0 aliphatic heterocycles. The summed E-state index contributed by atoms with van der Waals surface area (Å²) in [5.41, 5.74) is -0.833. The van der Waals surface area contributed by atoms with Crippen molar-refractivity contribution in [3.63, 3.8) is 0 Å². The molecule has 0 aliphatic carbocycles. The summed E-state index contributed by atoms with van der Waals surface area (Å²) in [5, 5.41) is 11.1. The molecule has 0 bridgehead atoms. The van der Waals surface area contributed by atoms with Crippen LogP contribution < -0.4 is 5.32 Å². The lowest BCUT2D eigenvalue weighted by Crippen LogP contribution is -2.48. The average molecular weight is 300 g/mol. The molecule has 1 rings (SSSR count). The number of aliphatic carboxylic acids is 1. The van der Waals surface area contributed by atoms with Gasteiger partial charge < -0.3 is 10.4 Å². The number of carboxylic acid groups (broad SMARTS) is 1. The molecule has 7 heteroatoms. The molecule has 21 heavy (non-hydrogen) atoms. The molecule has 0 aromatic heterocycles. The second-order valence-corrected chi connectivity index (χ2v) is 5.59. The van der Waals surface area contributed by atoms with Crippen molar-refractivity contribution in [1.82, 2.24) is 4.90 Å². The molecule has 0 heterocycles. The number of nitrogens with one attached hydrogen (secondary N) is 1. The molecule has 0 unspecified atom stereocenters. The molecular formula is C14H18F2N2O3. The van der Waals surface area contributed by atoms with Gasteiger partial charge in [0.1, 0.15) is 11.6 Å². The van der Waals surface area contributed by atoms with Gasteiger partial charge in [-0.2, -0.15) is 0 Å². The highest BCUT2D eigenvalue weighted by molar-refractivity contribution is 5.92. The molecule has 1 amide bonds. The van der Waals surface area contributed by atoms with Crippen molar-refractivity contribution in [3.05, 3.63) is 29.8 Å². The van der Waals surface area contributed by atoms with Crippen molar-refractivity contribution in [2.45, 2.75) is 26.3 Å². The van der Waals surface area contributed by atoms with Crippen LogP contribution in [0.25, 0.3) is 0 Å². The van der Waals surface area contributed by atoms with Crippen LogP contribution in [-0.4, -0.2) is 40.5 Å². The van der Waals surface area contributed by atoms with E-state index in [0.29, 0.717) is 0 Å². The molecule has 0 saturated carbocycles. The molecule has 0 radical (unpaired) electrons. The number of benzene rings is 1. The van der Waals surface area contributed by atoms with E-state index in [-0.39, 0.29) is 18.8 Å². The van der Waals surface area contributed by atoms with Gasteiger partial charge in [-0.25, -0.2) is 8.78 Å². The Hall–Kier alpha value is -2.02. The molecule has 0 atom stereocenters. The summed E-state index contributed by atoms with van der Waals surface area (Å²) >= 11 is 0. The van der Waals surface area contributed by atoms with E-state index in [1.165, 1.54) is 4.90 Å². The normalized spacial score (nSPS) is 11.5. The zero-order chi connectivity index (χ0) is 16.2. The van der Waals surface area contributed by atoms with Crippen LogP contribution in [0.2, 0.25) is 0 Å². The fourth-order valence-electron chi connectivity index (χ4n) is 1.65. The highest BCUT2D eigenvalue weighted by Crippen LogP contribution is 2.16. The number of rotatable bonds is 5. The van der Waals surface area contributed by atoms with Gasteiger partial charge in [-0.15, -0.1) is 0 Å². The second-order valence-electron chi connectivity index (χ2n) is 5.59. The third kappa shape index (κ3) is 5.47. The van der Waals surface area contributed by atoms with Crippen LogP contribution in [0.5, 0.6) is 0 Å². The SMILES string of the molecule is CC(C)(C)N(CC(=O)O)CC(=O)Nc1cc(F)ccc1F. The minimum Gasteiger partial charge on any atom is -0.480 e. The number of anilines is 1. The zero-order valence-electron chi connectivity index (χ0n) is 12.1. The summed E-state index contributed by atoms with van der Waals surface area (Å²) < 4.78 is 26.4. The molecule has 116 valence electrons. The Balaban J connectivity index is 2.78. The number of amides is 1. The maximum Gasteiger partial charge on any atom is 0.317 e. The van der Waals surface area contributed by atoms with E-state index in [0.717, 1.165) is 18.2 Å². The molecule has 1 aromatic rings. The first-order valence-electron chi connectivity index (χ1n) is 6.31. The van der Waals surface area contributed by atoms with E-state index in [2.05, 4.69) is 5.32 Å². The quantitative estimate of drug-likeness (QED) is 0.873. The molecule has 0 spiro atoms. The van der Waals surface area contributed by atoms with Crippen molar-refractivity contribution in [1.29, 1.82) is 0 Å². The number of hydrogen-bond acceptors (Lipinski definition) is 3. The van der Waals surface area contributed by atoms with Gasteiger partial charge in [-0.3, -0.25) is 14.5 Å². The number of carbonyl (C=O) groups is 2. The number of hydrogen-bond donors (Lipinski definition) is 2. The van der Waals surface area contributed by atoms with Crippen LogP contribution in [0.4, 0.5) is 14.5 Å². The highest BCUT2D eigenvalue weighted by atomic mass is 19.1. The Morgan fingerprint density at radius 2 is 1.86 bits per heavy atom. The minimum absolute atomic E-state index is 0.244. The monoisotopic (exact) mass is 300 g/mol. The van der Waals surface area contributed by atoms with Gasteiger partial charge in [0, 0.05) is 11.6 Å². The first-order valence-corrected chi connectivity index (χ1v) is 6.31. The predicted octanol–water partition coefficient (Wildman–Crippen LogP) is 2.09. The minimum atomic E-state index is -1.07. The zero-order valence-corrected chi connectivity index (χ0v) is 12.1. The van der Waals surface area contributed by atoms with Gasteiger partial charge >= 0.3 is 5.97 Å². The van der Waals surface area contributed by atoms with E-state index < -0.39 is 29.0 Å². The van der Waals surface area contributed by atoms with Crippen molar-refractivity contribution < 1.29 is 23.5 Å². The number of carboxylic acids is 1. The Bertz CT molecular complexity index is 542. The van der Waals surface area contributed by atoms with E-state index in [9.17, 15) is 18.4 Å². The van der Waals surface area contributed by atoms with Crippen LogP contribution in [-0.2, 0) is 9.59 Å². The van der Waals surface area contributed by atoms with Crippen molar-refractivity contribution in [2.24, 2.45) is 0 Å². The van der Waals surface area contributed by atoms with Gasteiger partial charge in [-0.1, -0.05) is 0 Å². The maximum atomic E-state index is 13.4. The average Bonchev–Trinajstić information content (AvgIpc) is 2.31. The van der Waals surface area contributed by atoms with Gasteiger partial charge in [-0.05, 0) is 32.9 Å². The largest absolute Gasteiger partial charge is 0.480 e. The molecular weight excluding hydrogens is 282 g/mol. The van der Waals surface area contributed by atoms with Gasteiger partial charge in [0.15, 0.2) is 0 Å². The van der Waals surface area contributed by atoms with Gasteiger partial charge in [0.2, 0.25) is 5.91 Å². The maximum absolute atomic E-state index is 13.4. The fourth-order valence-corrected chi connectivity index (χ4v) is 1.65. The summed E-state index contributed by atoms with van der Waals surface area (Å²) in [6, 6.07) is 2.71. The number of nitrogens with zero attached hydrogens (tertiary/aromatic N) is 1. The Kier molecular flexibility index (Phi) is 5.37.